The predicted molar refractivity (Wildman–Crippen MR) is 67.5 cm³/mol. The van der Waals surface area contributed by atoms with Crippen molar-refractivity contribution < 1.29 is 9.53 Å². The van der Waals surface area contributed by atoms with E-state index in [4.69, 9.17) is 10.5 Å². The third-order valence-electron chi connectivity index (χ3n) is 2.20. The lowest BCUT2D eigenvalue weighted by Crippen LogP contribution is -2.15. The van der Waals surface area contributed by atoms with E-state index >= 15 is 0 Å². The van der Waals surface area contributed by atoms with Gasteiger partial charge in [-0.2, -0.15) is 0 Å². The first-order valence-corrected chi connectivity index (χ1v) is 6.00. The molecule has 0 aromatic heterocycles. The normalized spacial score (nSPS) is 10.5. The van der Waals surface area contributed by atoms with Crippen LogP contribution < -0.4 is 10.5 Å². The first-order valence-electron chi connectivity index (χ1n) is 5.21. The molecule has 0 saturated heterocycles. The molecule has 0 bridgehead atoms. The van der Waals surface area contributed by atoms with Crippen molar-refractivity contribution in [3.63, 3.8) is 0 Å². The third kappa shape index (κ3) is 3.85. The van der Waals surface area contributed by atoms with Crippen LogP contribution in [0.4, 0.5) is 0 Å². The predicted octanol–water partition coefficient (Wildman–Crippen LogP) is 2.83. The molecule has 0 aliphatic rings. The number of carbonyl (C=O) groups is 1. The van der Waals surface area contributed by atoms with Crippen LogP contribution in [0.3, 0.4) is 0 Å². The first kappa shape index (κ1) is 13.0. The molecule has 1 rings (SSSR count). The molecule has 88 valence electrons. The highest BCUT2D eigenvalue weighted by atomic mass is 79.9. The summed E-state index contributed by atoms with van der Waals surface area (Å²) in [6.07, 6.45) is 0.244. The molecule has 0 aliphatic carbocycles. The Hall–Kier alpha value is -1.03. The maximum Gasteiger partial charge on any atom is 0.220 e. The number of hydrogen-bond acceptors (Lipinski definition) is 2. The molecule has 0 fully saturated rings. The summed E-state index contributed by atoms with van der Waals surface area (Å²) >= 11 is 3.43. The van der Waals surface area contributed by atoms with E-state index in [-0.39, 0.29) is 12.3 Å². The van der Waals surface area contributed by atoms with Crippen LogP contribution in [-0.2, 0) is 4.79 Å². The van der Waals surface area contributed by atoms with Gasteiger partial charge >= 0.3 is 0 Å². The zero-order valence-electron chi connectivity index (χ0n) is 9.50. The number of halogens is 1. The molecule has 16 heavy (non-hydrogen) atoms. The summed E-state index contributed by atoms with van der Waals surface area (Å²) < 4.78 is 6.57. The Morgan fingerprint density at radius 1 is 1.50 bits per heavy atom. The SMILES string of the molecule is CC(C)c1cc(Br)ccc1OCCC(N)=O. The number of amides is 1. The fourth-order valence-corrected chi connectivity index (χ4v) is 1.74. The quantitative estimate of drug-likeness (QED) is 0.904. The van der Waals surface area contributed by atoms with E-state index in [1.54, 1.807) is 0 Å². The highest BCUT2D eigenvalue weighted by molar-refractivity contribution is 9.10. The number of benzene rings is 1. The average Bonchev–Trinajstić information content (AvgIpc) is 2.19. The Balaban J connectivity index is 2.74. The van der Waals surface area contributed by atoms with E-state index in [9.17, 15) is 4.79 Å². The van der Waals surface area contributed by atoms with E-state index in [0.29, 0.717) is 12.5 Å². The second-order valence-corrected chi connectivity index (χ2v) is 4.82. The third-order valence-corrected chi connectivity index (χ3v) is 2.69. The molecule has 2 N–H and O–H groups in total. The van der Waals surface area contributed by atoms with Gasteiger partial charge in [-0.1, -0.05) is 29.8 Å². The van der Waals surface area contributed by atoms with Crippen molar-refractivity contribution in [1.82, 2.24) is 0 Å². The first-order chi connectivity index (χ1) is 7.50. The number of rotatable bonds is 5. The topological polar surface area (TPSA) is 52.3 Å². The van der Waals surface area contributed by atoms with Crippen LogP contribution in [0.5, 0.6) is 5.75 Å². The molecule has 0 atom stereocenters. The summed E-state index contributed by atoms with van der Waals surface area (Å²) in [6.45, 7) is 4.53. The van der Waals surface area contributed by atoms with E-state index in [2.05, 4.69) is 29.8 Å². The summed E-state index contributed by atoms with van der Waals surface area (Å²) in [6, 6.07) is 5.86. The zero-order valence-corrected chi connectivity index (χ0v) is 11.1. The molecule has 1 aromatic carbocycles. The average molecular weight is 286 g/mol. The molecule has 0 saturated carbocycles. The van der Waals surface area contributed by atoms with Gasteiger partial charge in [0.2, 0.25) is 5.91 Å². The van der Waals surface area contributed by atoms with Crippen LogP contribution in [0.25, 0.3) is 0 Å². The Bertz CT molecular complexity index is 377. The highest BCUT2D eigenvalue weighted by Gasteiger charge is 2.08. The second kappa shape index (κ2) is 5.89. The fraction of sp³-hybridized carbons (Fsp3) is 0.417. The largest absolute Gasteiger partial charge is 0.493 e. The van der Waals surface area contributed by atoms with Gasteiger partial charge in [-0.25, -0.2) is 0 Å². The number of carbonyl (C=O) groups excluding carboxylic acids is 1. The molecule has 0 spiro atoms. The van der Waals surface area contributed by atoms with E-state index < -0.39 is 0 Å². The van der Waals surface area contributed by atoms with Crippen molar-refractivity contribution in [1.29, 1.82) is 0 Å². The molecule has 4 heteroatoms. The molecule has 0 heterocycles. The molecule has 0 aliphatic heterocycles. The van der Waals surface area contributed by atoms with Gasteiger partial charge in [-0.15, -0.1) is 0 Å². The Morgan fingerprint density at radius 2 is 2.19 bits per heavy atom. The van der Waals surface area contributed by atoms with Crippen molar-refractivity contribution in [2.45, 2.75) is 26.2 Å². The van der Waals surface area contributed by atoms with Gasteiger partial charge in [0.05, 0.1) is 13.0 Å². The lowest BCUT2D eigenvalue weighted by atomic mass is 10.0. The lowest BCUT2D eigenvalue weighted by Gasteiger charge is -2.14. The van der Waals surface area contributed by atoms with Crippen molar-refractivity contribution in [3.8, 4) is 5.75 Å². The Morgan fingerprint density at radius 3 is 2.75 bits per heavy atom. The van der Waals surface area contributed by atoms with Crippen LogP contribution in [0.15, 0.2) is 22.7 Å². The molecule has 1 aromatic rings. The summed E-state index contributed by atoms with van der Waals surface area (Å²) in [5.74, 6) is 0.851. The molecule has 0 radical (unpaired) electrons. The van der Waals surface area contributed by atoms with Crippen molar-refractivity contribution >= 4 is 21.8 Å². The highest BCUT2D eigenvalue weighted by Crippen LogP contribution is 2.29. The number of hydrogen-bond donors (Lipinski definition) is 1. The second-order valence-electron chi connectivity index (χ2n) is 3.90. The lowest BCUT2D eigenvalue weighted by molar-refractivity contribution is -0.118. The van der Waals surface area contributed by atoms with Gasteiger partial charge in [-0.3, -0.25) is 4.79 Å². The minimum absolute atomic E-state index is 0.244. The van der Waals surface area contributed by atoms with Gasteiger partial charge in [0.15, 0.2) is 0 Å². The minimum Gasteiger partial charge on any atom is -0.493 e. The van der Waals surface area contributed by atoms with Gasteiger partial charge in [0.25, 0.3) is 0 Å². The number of nitrogens with two attached hydrogens (primary N) is 1. The van der Waals surface area contributed by atoms with Crippen molar-refractivity contribution in [3.05, 3.63) is 28.2 Å². The van der Waals surface area contributed by atoms with E-state index in [1.165, 1.54) is 0 Å². The molecular weight excluding hydrogens is 270 g/mol. The zero-order chi connectivity index (χ0) is 12.1. The summed E-state index contributed by atoms with van der Waals surface area (Å²) in [4.78, 5) is 10.6. The fourth-order valence-electron chi connectivity index (χ4n) is 1.36. The van der Waals surface area contributed by atoms with Crippen LogP contribution in [0.2, 0.25) is 0 Å². The van der Waals surface area contributed by atoms with Crippen molar-refractivity contribution in [2.75, 3.05) is 6.61 Å². The van der Waals surface area contributed by atoms with Gasteiger partial charge in [-0.05, 0) is 29.7 Å². The summed E-state index contributed by atoms with van der Waals surface area (Å²) in [7, 11) is 0. The van der Waals surface area contributed by atoms with E-state index in [1.807, 2.05) is 18.2 Å². The minimum atomic E-state index is -0.344. The van der Waals surface area contributed by atoms with Crippen LogP contribution >= 0.6 is 15.9 Å². The Kier molecular flexibility index (Phi) is 4.80. The summed E-state index contributed by atoms with van der Waals surface area (Å²) in [5, 5.41) is 0. The monoisotopic (exact) mass is 285 g/mol. The van der Waals surface area contributed by atoms with Crippen molar-refractivity contribution in [2.24, 2.45) is 5.73 Å². The standard InChI is InChI=1S/C12H16BrNO2/c1-8(2)10-7-9(13)3-4-11(10)16-6-5-12(14)15/h3-4,7-8H,5-6H2,1-2H3,(H2,14,15). The maximum absolute atomic E-state index is 10.6. The van der Waals surface area contributed by atoms with Crippen LogP contribution in [0, 0.1) is 0 Å². The smallest absolute Gasteiger partial charge is 0.220 e. The Labute approximate surface area is 104 Å². The molecular formula is C12H16BrNO2. The van der Waals surface area contributed by atoms with Crippen LogP contribution in [-0.4, -0.2) is 12.5 Å². The maximum atomic E-state index is 10.6. The van der Waals surface area contributed by atoms with Gasteiger partial charge < -0.3 is 10.5 Å². The van der Waals surface area contributed by atoms with E-state index in [0.717, 1.165) is 15.8 Å². The van der Waals surface area contributed by atoms with Gasteiger partial charge in [0.1, 0.15) is 5.75 Å². The molecule has 3 nitrogen and oxygen atoms in total. The van der Waals surface area contributed by atoms with Crippen LogP contribution in [0.1, 0.15) is 31.7 Å². The number of primary amides is 1. The molecule has 0 unspecified atom stereocenters. The summed E-state index contributed by atoms with van der Waals surface area (Å²) in [5.41, 5.74) is 6.18. The van der Waals surface area contributed by atoms with Gasteiger partial charge in [0, 0.05) is 4.47 Å². The number of ether oxygens (including phenoxy) is 1. The molecule has 1 amide bonds.